The lowest BCUT2D eigenvalue weighted by Gasteiger charge is -2.25. The molecule has 14 heavy (non-hydrogen) atoms. The zero-order valence-electron chi connectivity index (χ0n) is 10.2. The lowest BCUT2D eigenvalue weighted by Crippen LogP contribution is -2.40. The van der Waals surface area contributed by atoms with E-state index in [2.05, 4.69) is 33.0 Å². The Balaban J connectivity index is 3.88. The van der Waals surface area contributed by atoms with Crippen LogP contribution >= 0.6 is 0 Å². The molecule has 0 aromatic heterocycles. The summed E-state index contributed by atoms with van der Waals surface area (Å²) in [5.74, 6) is 0.781. The van der Waals surface area contributed by atoms with E-state index < -0.39 is 0 Å². The highest BCUT2D eigenvalue weighted by Crippen LogP contribution is 2.12. The van der Waals surface area contributed by atoms with Crippen LogP contribution in [0.3, 0.4) is 0 Å². The van der Waals surface area contributed by atoms with Crippen molar-refractivity contribution in [1.82, 2.24) is 5.32 Å². The van der Waals surface area contributed by atoms with E-state index in [9.17, 15) is 0 Å². The highest BCUT2D eigenvalue weighted by atomic mass is 16.3. The van der Waals surface area contributed by atoms with Gasteiger partial charge in [-0.1, -0.05) is 34.1 Å². The first-order chi connectivity index (χ1) is 6.67. The van der Waals surface area contributed by atoms with E-state index >= 15 is 0 Å². The van der Waals surface area contributed by atoms with Gasteiger partial charge in [-0.15, -0.1) is 0 Å². The maximum atomic E-state index is 9.10. The summed E-state index contributed by atoms with van der Waals surface area (Å²) in [7, 11) is 0. The van der Waals surface area contributed by atoms with Crippen molar-refractivity contribution in [1.29, 1.82) is 0 Å². The summed E-state index contributed by atoms with van der Waals surface area (Å²) in [5.41, 5.74) is 0. The molecule has 2 heteroatoms. The second kappa shape index (κ2) is 8.25. The van der Waals surface area contributed by atoms with Crippen molar-refractivity contribution < 1.29 is 5.11 Å². The normalized spacial score (nSPS) is 17.8. The summed E-state index contributed by atoms with van der Waals surface area (Å²) in [4.78, 5) is 0. The van der Waals surface area contributed by atoms with Gasteiger partial charge in [-0.2, -0.15) is 0 Å². The van der Waals surface area contributed by atoms with Crippen LogP contribution in [0.4, 0.5) is 0 Å². The lowest BCUT2D eigenvalue weighted by atomic mass is 9.97. The van der Waals surface area contributed by atoms with Crippen molar-refractivity contribution in [2.45, 2.75) is 65.5 Å². The second-order valence-corrected chi connectivity index (χ2v) is 4.31. The molecule has 0 aliphatic heterocycles. The van der Waals surface area contributed by atoms with Gasteiger partial charge in [0, 0.05) is 12.1 Å². The molecule has 0 bridgehead atoms. The highest BCUT2D eigenvalue weighted by Gasteiger charge is 2.13. The van der Waals surface area contributed by atoms with Crippen LogP contribution in [0, 0.1) is 5.92 Å². The quantitative estimate of drug-likeness (QED) is 0.632. The molecule has 0 spiro atoms. The van der Waals surface area contributed by atoms with Crippen molar-refractivity contribution in [3.63, 3.8) is 0 Å². The molecule has 0 aromatic rings. The molecule has 2 nitrogen and oxygen atoms in total. The maximum Gasteiger partial charge on any atom is 0.0584 e. The molecule has 0 fully saturated rings. The summed E-state index contributed by atoms with van der Waals surface area (Å²) in [6, 6.07) is 0.853. The largest absolute Gasteiger partial charge is 0.395 e. The summed E-state index contributed by atoms with van der Waals surface area (Å²) in [6.45, 7) is 9.12. The van der Waals surface area contributed by atoms with Gasteiger partial charge in [0.05, 0.1) is 6.61 Å². The molecule has 0 saturated heterocycles. The summed E-state index contributed by atoms with van der Waals surface area (Å²) in [5, 5.41) is 12.6. The summed E-state index contributed by atoms with van der Waals surface area (Å²) in [6.07, 6.45) is 4.63. The predicted molar refractivity (Wildman–Crippen MR) is 62.5 cm³/mol. The Hall–Kier alpha value is -0.0800. The molecule has 0 aromatic carbocycles. The Morgan fingerprint density at radius 2 is 1.57 bits per heavy atom. The van der Waals surface area contributed by atoms with Crippen LogP contribution in [0.25, 0.3) is 0 Å². The van der Waals surface area contributed by atoms with Gasteiger partial charge in [0.1, 0.15) is 0 Å². The number of rotatable bonds is 8. The number of hydrogen-bond donors (Lipinski definition) is 2. The van der Waals surface area contributed by atoms with Gasteiger partial charge in [-0.25, -0.2) is 0 Å². The van der Waals surface area contributed by atoms with E-state index in [1.54, 1.807) is 0 Å². The van der Waals surface area contributed by atoms with Gasteiger partial charge in [0.2, 0.25) is 0 Å². The van der Waals surface area contributed by atoms with Crippen LogP contribution in [-0.4, -0.2) is 23.8 Å². The predicted octanol–water partition coefficient (Wildman–Crippen LogP) is 2.56. The molecule has 0 radical (unpaired) electrons. The number of aliphatic hydroxyl groups excluding tert-OH is 1. The molecule has 0 rings (SSSR count). The minimum atomic E-state index is 0.257. The van der Waals surface area contributed by atoms with Gasteiger partial charge in [-0.05, 0) is 25.2 Å². The summed E-state index contributed by atoms with van der Waals surface area (Å²) >= 11 is 0. The van der Waals surface area contributed by atoms with Crippen LogP contribution < -0.4 is 5.32 Å². The zero-order valence-corrected chi connectivity index (χ0v) is 10.2. The average molecular weight is 201 g/mol. The first-order valence-electron chi connectivity index (χ1n) is 6.04. The highest BCUT2D eigenvalue weighted by molar-refractivity contribution is 4.73. The summed E-state index contributed by atoms with van der Waals surface area (Å²) < 4.78 is 0. The van der Waals surface area contributed by atoms with E-state index in [0.29, 0.717) is 6.04 Å². The van der Waals surface area contributed by atoms with Crippen LogP contribution in [0.15, 0.2) is 0 Å². The van der Waals surface area contributed by atoms with E-state index in [0.717, 1.165) is 18.8 Å². The van der Waals surface area contributed by atoms with Gasteiger partial charge < -0.3 is 10.4 Å². The standard InChI is InChI=1S/C12H27NO/c1-5-10(4)8-11(6-2)13-12(7-3)9-14/h10-14H,5-9H2,1-4H3/t10?,11?,12-/m0/s1. The van der Waals surface area contributed by atoms with Crippen LogP contribution in [0.5, 0.6) is 0 Å². The van der Waals surface area contributed by atoms with Crippen molar-refractivity contribution in [2.75, 3.05) is 6.61 Å². The number of nitrogens with one attached hydrogen (secondary N) is 1. The molecular formula is C12H27NO. The Morgan fingerprint density at radius 1 is 1.00 bits per heavy atom. The van der Waals surface area contributed by atoms with Crippen molar-refractivity contribution in [3.8, 4) is 0 Å². The Labute approximate surface area is 89.1 Å². The van der Waals surface area contributed by atoms with Gasteiger partial charge in [-0.3, -0.25) is 0 Å². The molecule has 0 saturated carbocycles. The van der Waals surface area contributed by atoms with E-state index in [4.69, 9.17) is 5.11 Å². The van der Waals surface area contributed by atoms with E-state index in [1.165, 1.54) is 12.8 Å². The fourth-order valence-electron chi connectivity index (χ4n) is 1.64. The Morgan fingerprint density at radius 3 is 1.93 bits per heavy atom. The minimum absolute atomic E-state index is 0.257. The second-order valence-electron chi connectivity index (χ2n) is 4.31. The average Bonchev–Trinajstić information content (AvgIpc) is 2.23. The third-order valence-electron chi connectivity index (χ3n) is 3.06. The number of hydrogen-bond acceptors (Lipinski definition) is 2. The molecule has 2 N–H and O–H groups in total. The zero-order chi connectivity index (χ0) is 11.0. The maximum absolute atomic E-state index is 9.10. The van der Waals surface area contributed by atoms with Gasteiger partial charge in [0.25, 0.3) is 0 Å². The Bertz CT molecular complexity index is 123. The number of aliphatic hydroxyl groups is 1. The van der Waals surface area contributed by atoms with Crippen molar-refractivity contribution in [2.24, 2.45) is 5.92 Å². The van der Waals surface area contributed by atoms with Crippen molar-refractivity contribution in [3.05, 3.63) is 0 Å². The first-order valence-corrected chi connectivity index (χ1v) is 6.04. The van der Waals surface area contributed by atoms with Gasteiger partial charge in [0.15, 0.2) is 0 Å². The lowest BCUT2D eigenvalue weighted by molar-refractivity contribution is 0.218. The molecule has 0 aliphatic carbocycles. The van der Waals surface area contributed by atoms with Gasteiger partial charge >= 0.3 is 0 Å². The SMILES string of the molecule is CCC(C)CC(CC)N[C@@H](CC)CO. The smallest absolute Gasteiger partial charge is 0.0584 e. The van der Waals surface area contributed by atoms with E-state index in [-0.39, 0.29) is 12.6 Å². The topological polar surface area (TPSA) is 32.3 Å². The minimum Gasteiger partial charge on any atom is -0.395 e. The molecule has 2 unspecified atom stereocenters. The third kappa shape index (κ3) is 5.61. The molecular weight excluding hydrogens is 174 g/mol. The fraction of sp³-hybridized carbons (Fsp3) is 1.00. The van der Waals surface area contributed by atoms with Crippen LogP contribution in [-0.2, 0) is 0 Å². The molecule has 0 aliphatic rings. The van der Waals surface area contributed by atoms with Crippen molar-refractivity contribution >= 4 is 0 Å². The Kier molecular flexibility index (Phi) is 8.20. The molecule has 0 heterocycles. The molecule has 86 valence electrons. The molecule has 3 atom stereocenters. The fourth-order valence-corrected chi connectivity index (χ4v) is 1.64. The van der Waals surface area contributed by atoms with E-state index in [1.807, 2.05) is 0 Å². The molecule has 0 amide bonds. The third-order valence-corrected chi connectivity index (χ3v) is 3.06. The van der Waals surface area contributed by atoms with Crippen LogP contribution in [0.1, 0.15) is 53.4 Å². The first kappa shape index (κ1) is 13.9. The monoisotopic (exact) mass is 201 g/mol. The van der Waals surface area contributed by atoms with Crippen LogP contribution in [0.2, 0.25) is 0 Å².